The van der Waals surface area contributed by atoms with Gasteiger partial charge in [-0.05, 0) is 30.7 Å². The highest BCUT2D eigenvalue weighted by Crippen LogP contribution is 2.18. The highest BCUT2D eigenvalue weighted by molar-refractivity contribution is 6.31. The van der Waals surface area contributed by atoms with Crippen molar-refractivity contribution in [2.24, 2.45) is 0 Å². The third-order valence-electron chi connectivity index (χ3n) is 4.64. The summed E-state index contributed by atoms with van der Waals surface area (Å²) in [6, 6.07) is 15.7. The Kier molecular flexibility index (Phi) is 9.30. The number of piperazine rings is 1. The maximum Gasteiger partial charge on any atom is 0.414 e. The fourth-order valence-electron chi connectivity index (χ4n) is 2.89. The van der Waals surface area contributed by atoms with Crippen molar-refractivity contribution in [2.75, 3.05) is 32.8 Å². The zero-order valence-corrected chi connectivity index (χ0v) is 17.9. The molecule has 2 N–H and O–H groups in total. The summed E-state index contributed by atoms with van der Waals surface area (Å²) in [7, 11) is 0. The predicted octanol–water partition coefficient (Wildman–Crippen LogP) is 2.53. The minimum Gasteiger partial charge on any atom is -0.484 e. The van der Waals surface area contributed by atoms with E-state index in [1.807, 2.05) is 54.3 Å². The van der Waals surface area contributed by atoms with Crippen LogP contribution >= 0.6 is 11.6 Å². The maximum atomic E-state index is 12.3. The molecular weight excluding hydrogens is 424 g/mol. The Morgan fingerprint density at radius 3 is 2.06 bits per heavy atom. The Hall–Kier alpha value is -3.10. The van der Waals surface area contributed by atoms with Gasteiger partial charge in [-0.3, -0.25) is 9.69 Å². The summed E-state index contributed by atoms with van der Waals surface area (Å²) in [6.07, 6.45) is 0. The Morgan fingerprint density at radius 2 is 1.52 bits per heavy atom. The Morgan fingerprint density at radius 1 is 0.935 bits per heavy atom. The third-order valence-corrected chi connectivity index (χ3v) is 5.01. The summed E-state index contributed by atoms with van der Waals surface area (Å²) in [5, 5.41) is 15.6. The molecule has 0 aliphatic carbocycles. The molecule has 1 fully saturated rings. The summed E-state index contributed by atoms with van der Waals surface area (Å²) >= 11 is 6.22. The van der Waals surface area contributed by atoms with Crippen molar-refractivity contribution in [3.05, 3.63) is 64.7 Å². The monoisotopic (exact) mass is 448 g/mol. The van der Waals surface area contributed by atoms with E-state index in [0.717, 1.165) is 49.1 Å². The molecule has 2 aromatic rings. The van der Waals surface area contributed by atoms with Crippen molar-refractivity contribution < 1.29 is 29.3 Å². The van der Waals surface area contributed by atoms with E-state index in [-0.39, 0.29) is 12.5 Å². The maximum absolute atomic E-state index is 12.3. The number of aliphatic carboxylic acids is 2. The van der Waals surface area contributed by atoms with Crippen LogP contribution in [0.5, 0.6) is 5.75 Å². The van der Waals surface area contributed by atoms with E-state index in [2.05, 4.69) is 11.0 Å². The quantitative estimate of drug-likeness (QED) is 0.676. The number of nitrogens with zero attached hydrogens (tertiary/aromatic N) is 2. The van der Waals surface area contributed by atoms with Crippen LogP contribution in [0.25, 0.3) is 0 Å². The Balaban J connectivity index is 0.000000501. The van der Waals surface area contributed by atoms with Crippen molar-refractivity contribution in [2.45, 2.75) is 13.5 Å². The molecule has 31 heavy (non-hydrogen) atoms. The zero-order chi connectivity index (χ0) is 22.8. The van der Waals surface area contributed by atoms with Gasteiger partial charge < -0.3 is 19.8 Å². The first kappa shape index (κ1) is 24.2. The van der Waals surface area contributed by atoms with Crippen LogP contribution in [0.1, 0.15) is 11.1 Å². The number of carboxylic acids is 2. The topological polar surface area (TPSA) is 107 Å². The van der Waals surface area contributed by atoms with Crippen molar-refractivity contribution >= 4 is 29.4 Å². The van der Waals surface area contributed by atoms with Crippen LogP contribution in [-0.2, 0) is 20.9 Å². The molecular formula is C22H25ClN2O6. The van der Waals surface area contributed by atoms with E-state index in [9.17, 15) is 4.79 Å². The lowest BCUT2D eigenvalue weighted by Gasteiger charge is -2.34. The molecule has 1 aliphatic heterocycles. The highest BCUT2D eigenvalue weighted by atomic mass is 35.5. The average Bonchev–Trinajstić information content (AvgIpc) is 2.75. The summed E-state index contributed by atoms with van der Waals surface area (Å²) in [5.41, 5.74) is 2.31. The van der Waals surface area contributed by atoms with E-state index in [4.69, 9.17) is 36.1 Å². The van der Waals surface area contributed by atoms with Crippen LogP contribution in [0.3, 0.4) is 0 Å². The Labute approximate surface area is 185 Å². The highest BCUT2D eigenvalue weighted by Gasteiger charge is 2.21. The van der Waals surface area contributed by atoms with Gasteiger partial charge in [0.15, 0.2) is 6.61 Å². The Bertz CT molecular complexity index is 883. The number of ether oxygens (including phenoxy) is 1. The van der Waals surface area contributed by atoms with Crippen molar-refractivity contribution in [3.63, 3.8) is 0 Å². The van der Waals surface area contributed by atoms with Gasteiger partial charge in [-0.2, -0.15) is 0 Å². The second-order valence-corrected chi connectivity index (χ2v) is 7.37. The molecule has 1 amide bonds. The minimum absolute atomic E-state index is 0.0398. The first-order chi connectivity index (χ1) is 14.8. The molecule has 8 nitrogen and oxygen atoms in total. The van der Waals surface area contributed by atoms with E-state index in [1.165, 1.54) is 5.56 Å². The molecule has 3 rings (SSSR count). The van der Waals surface area contributed by atoms with Crippen LogP contribution in [0, 0.1) is 6.92 Å². The second kappa shape index (κ2) is 11.9. The first-order valence-electron chi connectivity index (χ1n) is 9.65. The van der Waals surface area contributed by atoms with Gasteiger partial charge in [-0.15, -0.1) is 0 Å². The SMILES string of the molecule is Cc1ccc(OCC(=O)N2CCN(Cc3ccccc3Cl)CC2)cc1.O=C(O)C(=O)O. The molecule has 2 aromatic carbocycles. The molecule has 0 saturated carbocycles. The summed E-state index contributed by atoms with van der Waals surface area (Å²) in [4.78, 5) is 34.7. The molecule has 9 heteroatoms. The number of benzene rings is 2. The van der Waals surface area contributed by atoms with Crippen LogP contribution in [0.2, 0.25) is 5.02 Å². The smallest absolute Gasteiger partial charge is 0.414 e. The number of amides is 1. The molecule has 0 aromatic heterocycles. The molecule has 0 spiro atoms. The van der Waals surface area contributed by atoms with E-state index in [0.29, 0.717) is 0 Å². The zero-order valence-electron chi connectivity index (χ0n) is 17.2. The minimum atomic E-state index is -1.82. The lowest BCUT2D eigenvalue weighted by atomic mass is 10.2. The molecule has 1 saturated heterocycles. The summed E-state index contributed by atoms with van der Waals surface area (Å²) in [6.45, 7) is 6.08. The van der Waals surface area contributed by atoms with Crippen LogP contribution in [-0.4, -0.2) is 70.6 Å². The third kappa shape index (κ3) is 8.27. The molecule has 1 heterocycles. The van der Waals surface area contributed by atoms with E-state index < -0.39 is 11.9 Å². The van der Waals surface area contributed by atoms with Gasteiger partial charge in [-0.25, -0.2) is 9.59 Å². The molecule has 0 radical (unpaired) electrons. The van der Waals surface area contributed by atoms with Gasteiger partial charge in [-0.1, -0.05) is 47.5 Å². The van der Waals surface area contributed by atoms with Gasteiger partial charge in [0.2, 0.25) is 0 Å². The van der Waals surface area contributed by atoms with Crippen molar-refractivity contribution in [1.29, 1.82) is 0 Å². The lowest BCUT2D eigenvalue weighted by Crippen LogP contribution is -2.49. The standard InChI is InChI=1S/C20H23ClN2O2.C2H2O4/c1-16-6-8-18(9-7-16)25-15-20(24)23-12-10-22(11-13-23)14-17-4-2-3-5-19(17)21;3-1(4)2(5)6/h2-9H,10-15H2,1H3;(H,3,4)(H,5,6). The number of hydrogen-bond donors (Lipinski definition) is 2. The fraction of sp³-hybridized carbons (Fsp3) is 0.318. The van der Waals surface area contributed by atoms with Gasteiger partial charge in [0.1, 0.15) is 5.75 Å². The number of carbonyl (C=O) groups is 3. The van der Waals surface area contributed by atoms with Crippen molar-refractivity contribution in [3.8, 4) is 5.75 Å². The number of carboxylic acid groups (broad SMARTS) is 2. The number of rotatable bonds is 5. The van der Waals surface area contributed by atoms with Crippen molar-refractivity contribution in [1.82, 2.24) is 9.80 Å². The normalized spacial score (nSPS) is 13.7. The largest absolute Gasteiger partial charge is 0.484 e. The summed E-state index contributed by atoms with van der Waals surface area (Å²) < 4.78 is 5.59. The van der Waals surface area contributed by atoms with E-state index >= 15 is 0 Å². The number of hydrogen-bond acceptors (Lipinski definition) is 5. The van der Waals surface area contributed by atoms with Gasteiger partial charge in [0.05, 0.1) is 0 Å². The molecule has 0 unspecified atom stereocenters. The number of aryl methyl sites for hydroxylation is 1. The fourth-order valence-corrected chi connectivity index (χ4v) is 3.09. The number of carbonyl (C=O) groups excluding carboxylic acids is 1. The van der Waals surface area contributed by atoms with E-state index in [1.54, 1.807) is 0 Å². The predicted molar refractivity (Wildman–Crippen MR) is 115 cm³/mol. The van der Waals surface area contributed by atoms with Gasteiger partial charge in [0, 0.05) is 37.7 Å². The molecule has 166 valence electrons. The molecule has 0 bridgehead atoms. The molecule has 0 atom stereocenters. The first-order valence-corrected chi connectivity index (χ1v) is 10.0. The molecule has 1 aliphatic rings. The number of halogens is 1. The lowest BCUT2D eigenvalue weighted by molar-refractivity contribution is -0.159. The van der Waals surface area contributed by atoms with Gasteiger partial charge in [0.25, 0.3) is 5.91 Å². The summed E-state index contributed by atoms with van der Waals surface area (Å²) in [5.74, 6) is -2.88. The van der Waals surface area contributed by atoms with Crippen LogP contribution < -0.4 is 4.74 Å². The average molecular weight is 449 g/mol. The van der Waals surface area contributed by atoms with Gasteiger partial charge >= 0.3 is 11.9 Å². The van der Waals surface area contributed by atoms with Crippen LogP contribution in [0.15, 0.2) is 48.5 Å². The van der Waals surface area contributed by atoms with Crippen LogP contribution in [0.4, 0.5) is 0 Å². The second-order valence-electron chi connectivity index (χ2n) is 6.96.